The van der Waals surface area contributed by atoms with Crippen LogP contribution in [0.4, 0.5) is 0 Å². The normalized spacial score (nSPS) is 11.7. The lowest BCUT2D eigenvalue weighted by atomic mass is 9.86. The van der Waals surface area contributed by atoms with E-state index in [9.17, 15) is 9.90 Å². The first-order chi connectivity index (χ1) is 11.7. The lowest BCUT2D eigenvalue weighted by molar-refractivity contribution is 0.0597. The number of carbonyl (C=O) groups excluding carboxylic acids is 1. The Morgan fingerprint density at radius 2 is 1.71 bits per heavy atom. The summed E-state index contributed by atoms with van der Waals surface area (Å²) in [5.74, 6) is 1.78. The van der Waals surface area contributed by atoms with E-state index in [0.29, 0.717) is 5.39 Å². The van der Waals surface area contributed by atoms with Gasteiger partial charge in [0, 0.05) is 5.39 Å². The van der Waals surface area contributed by atoms with Gasteiger partial charge >= 0.3 is 5.97 Å². The van der Waals surface area contributed by atoms with Gasteiger partial charge in [-0.05, 0) is 22.6 Å². The van der Waals surface area contributed by atoms with Crippen molar-refractivity contribution in [1.29, 1.82) is 0 Å². The number of phenolic OH excluding ortho intramolecular Hbond substituents is 1. The molecule has 0 saturated carbocycles. The summed E-state index contributed by atoms with van der Waals surface area (Å²) in [5.41, 5.74) is 1.85. The Labute approximate surface area is 140 Å². The van der Waals surface area contributed by atoms with Crippen LogP contribution in [0.2, 0.25) is 0 Å². The van der Waals surface area contributed by atoms with Gasteiger partial charge in [0.15, 0.2) is 0 Å². The van der Waals surface area contributed by atoms with Gasteiger partial charge in [0.2, 0.25) is 0 Å². The first kappa shape index (κ1) is 15.6. The van der Waals surface area contributed by atoms with Gasteiger partial charge in [-0.3, -0.25) is 0 Å². The number of hydrogen-bond donors (Lipinski definition) is 1. The van der Waals surface area contributed by atoms with Crippen molar-refractivity contribution in [1.82, 2.24) is 0 Å². The highest BCUT2D eigenvalue weighted by molar-refractivity contribution is 6.03. The smallest absolute Gasteiger partial charge is 0.341 e. The van der Waals surface area contributed by atoms with E-state index in [4.69, 9.17) is 11.2 Å². The number of hydrogen-bond acceptors (Lipinski definition) is 3. The Balaban J connectivity index is 2.32. The molecule has 0 aliphatic heterocycles. The second kappa shape index (κ2) is 6.47. The van der Waals surface area contributed by atoms with E-state index in [0.717, 1.165) is 16.5 Å². The van der Waals surface area contributed by atoms with Gasteiger partial charge in [-0.2, -0.15) is 0 Å². The summed E-state index contributed by atoms with van der Waals surface area (Å²) in [6, 6.07) is 18.6. The Hall–Kier alpha value is -3.25. The molecule has 0 aromatic heterocycles. The van der Waals surface area contributed by atoms with Crippen molar-refractivity contribution in [2.75, 3.05) is 7.11 Å². The van der Waals surface area contributed by atoms with Gasteiger partial charge in [0.25, 0.3) is 0 Å². The largest absolute Gasteiger partial charge is 0.506 e. The molecule has 0 radical (unpaired) electrons. The highest BCUT2D eigenvalue weighted by atomic mass is 16.5. The van der Waals surface area contributed by atoms with Crippen LogP contribution in [0.3, 0.4) is 0 Å². The molecule has 3 nitrogen and oxygen atoms in total. The number of ether oxygens (including phenoxy) is 1. The summed E-state index contributed by atoms with van der Waals surface area (Å²) in [6.45, 7) is 0. The van der Waals surface area contributed by atoms with Crippen molar-refractivity contribution in [3.05, 3.63) is 77.4 Å². The number of carbonyl (C=O) groups is 1. The van der Waals surface area contributed by atoms with Gasteiger partial charge in [-0.1, -0.05) is 60.5 Å². The van der Waals surface area contributed by atoms with Gasteiger partial charge in [-0.15, -0.1) is 6.42 Å². The predicted octanol–water partition coefficient (Wildman–Crippen LogP) is 4.10. The molecule has 0 heterocycles. The summed E-state index contributed by atoms with van der Waals surface area (Å²) < 4.78 is 4.79. The number of phenols is 1. The Kier molecular flexibility index (Phi) is 4.22. The first-order valence-corrected chi connectivity index (χ1v) is 7.51. The van der Waals surface area contributed by atoms with Crippen LogP contribution in [0.25, 0.3) is 10.8 Å². The predicted molar refractivity (Wildman–Crippen MR) is 94.1 cm³/mol. The third kappa shape index (κ3) is 2.59. The lowest BCUT2D eigenvalue weighted by Crippen LogP contribution is -2.06. The molecule has 1 N–H and O–H groups in total. The molecule has 0 aliphatic carbocycles. The molecule has 3 aromatic rings. The quantitative estimate of drug-likeness (QED) is 0.584. The second-order valence-electron chi connectivity index (χ2n) is 5.41. The number of rotatable bonds is 3. The van der Waals surface area contributed by atoms with Crippen LogP contribution in [-0.2, 0) is 4.74 Å². The third-order valence-corrected chi connectivity index (χ3v) is 4.06. The Bertz CT molecular complexity index is 936. The number of fused-ring (bicyclic) bond motifs is 1. The zero-order chi connectivity index (χ0) is 17.1. The van der Waals surface area contributed by atoms with Crippen molar-refractivity contribution in [3.63, 3.8) is 0 Å². The van der Waals surface area contributed by atoms with Crippen LogP contribution in [0.15, 0.2) is 60.7 Å². The summed E-state index contributed by atoms with van der Waals surface area (Å²) >= 11 is 0. The zero-order valence-electron chi connectivity index (χ0n) is 13.2. The van der Waals surface area contributed by atoms with Crippen LogP contribution >= 0.6 is 0 Å². The highest BCUT2D eigenvalue weighted by Crippen LogP contribution is 2.37. The fourth-order valence-electron chi connectivity index (χ4n) is 2.90. The van der Waals surface area contributed by atoms with Crippen LogP contribution in [0, 0.1) is 12.3 Å². The van der Waals surface area contributed by atoms with Gasteiger partial charge in [-0.25, -0.2) is 4.79 Å². The number of benzene rings is 3. The molecule has 0 spiro atoms. The zero-order valence-corrected chi connectivity index (χ0v) is 13.2. The Morgan fingerprint density at radius 1 is 1.08 bits per heavy atom. The van der Waals surface area contributed by atoms with Crippen molar-refractivity contribution < 1.29 is 14.6 Å². The van der Waals surface area contributed by atoms with E-state index in [1.807, 2.05) is 42.5 Å². The van der Waals surface area contributed by atoms with Gasteiger partial charge in [0.1, 0.15) is 11.3 Å². The maximum atomic E-state index is 12.0. The monoisotopic (exact) mass is 316 g/mol. The molecule has 0 aliphatic rings. The molecule has 0 fully saturated rings. The number of esters is 1. The van der Waals surface area contributed by atoms with E-state index in [1.54, 1.807) is 18.2 Å². The molecule has 3 aromatic carbocycles. The van der Waals surface area contributed by atoms with Crippen LogP contribution in [0.5, 0.6) is 5.75 Å². The van der Waals surface area contributed by atoms with Crippen molar-refractivity contribution >= 4 is 16.7 Å². The van der Waals surface area contributed by atoms with Crippen LogP contribution in [0.1, 0.15) is 27.4 Å². The molecule has 118 valence electrons. The molecule has 1 atom stereocenters. The SMILES string of the molecule is C#CC(c1ccccc1)c1cc(C(=O)OC)c(O)c2ccccc12. The van der Waals surface area contributed by atoms with Crippen molar-refractivity contribution in [2.24, 2.45) is 0 Å². The summed E-state index contributed by atoms with van der Waals surface area (Å²) in [6.07, 6.45) is 5.80. The van der Waals surface area contributed by atoms with E-state index in [-0.39, 0.29) is 17.2 Å². The van der Waals surface area contributed by atoms with Crippen LogP contribution in [-0.4, -0.2) is 18.2 Å². The Morgan fingerprint density at radius 3 is 2.33 bits per heavy atom. The molecular formula is C21H16O3. The molecule has 0 amide bonds. The molecule has 1 unspecified atom stereocenters. The fraction of sp³-hybridized carbons (Fsp3) is 0.0952. The maximum Gasteiger partial charge on any atom is 0.341 e. The van der Waals surface area contributed by atoms with Crippen molar-refractivity contribution in [2.45, 2.75) is 5.92 Å². The molecule has 3 rings (SSSR count). The highest BCUT2D eigenvalue weighted by Gasteiger charge is 2.21. The second-order valence-corrected chi connectivity index (χ2v) is 5.41. The van der Waals surface area contributed by atoms with E-state index in [1.165, 1.54) is 7.11 Å². The fourth-order valence-corrected chi connectivity index (χ4v) is 2.90. The topological polar surface area (TPSA) is 46.5 Å². The van der Waals surface area contributed by atoms with Crippen molar-refractivity contribution in [3.8, 4) is 18.1 Å². The van der Waals surface area contributed by atoms with Gasteiger partial charge < -0.3 is 9.84 Å². The standard InChI is InChI=1S/C21H16O3/c1-3-15(14-9-5-4-6-10-14)18-13-19(21(23)24-2)20(22)17-12-8-7-11-16(17)18/h1,4-13,15,22H,2H3. The molecule has 0 saturated heterocycles. The summed E-state index contributed by atoms with van der Waals surface area (Å²) in [4.78, 5) is 12.0. The molecule has 3 heteroatoms. The van der Waals surface area contributed by atoms with E-state index >= 15 is 0 Å². The number of aromatic hydroxyl groups is 1. The minimum Gasteiger partial charge on any atom is -0.506 e. The average Bonchev–Trinajstić information content (AvgIpc) is 2.64. The van der Waals surface area contributed by atoms with Gasteiger partial charge in [0.05, 0.1) is 13.0 Å². The van der Waals surface area contributed by atoms with Crippen LogP contribution < -0.4 is 0 Å². The molecular weight excluding hydrogens is 300 g/mol. The third-order valence-electron chi connectivity index (χ3n) is 4.06. The average molecular weight is 316 g/mol. The summed E-state index contributed by atoms with van der Waals surface area (Å²) in [7, 11) is 1.28. The lowest BCUT2D eigenvalue weighted by Gasteiger charge is -2.17. The minimum absolute atomic E-state index is 0.0926. The van der Waals surface area contributed by atoms with E-state index in [2.05, 4.69) is 5.92 Å². The maximum absolute atomic E-state index is 12.0. The van der Waals surface area contributed by atoms with E-state index < -0.39 is 5.97 Å². The number of methoxy groups -OCH3 is 1. The number of terminal acetylenes is 1. The first-order valence-electron chi connectivity index (χ1n) is 7.51. The molecule has 24 heavy (non-hydrogen) atoms. The summed E-state index contributed by atoms with van der Waals surface area (Å²) in [5, 5.41) is 11.8. The minimum atomic E-state index is -0.594. The molecule has 0 bridgehead atoms.